The average Bonchev–Trinajstić information content (AvgIpc) is 3.27. The van der Waals surface area contributed by atoms with Gasteiger partial charge in [0, 0.05) is 56.1 Å². The molecule has 0 spiro atoms. The van der Waals surface area contributed by atoms with Crippen LogP contribution in [0.4, 0.5) is 5.82 Å². The van der Waals surface area contributed by atoms with E-state index in [1.807, 2.05) is 18.6 Å². The lowest BCUT2D eigenvalue weighted by molar-refractivity contribution is 0.188. The average molecular weight is 329 g/mol. The van der Waals surface area contributed by atoms with Crippen molar-refractivity contribution in [1.29, 1.82) is 0 Å². The van der Waals surface area contributed by atoms with E-state index in [9.17, 15) is 0 Å². The molecule has 3 aromatic rings. The zero-order valence-corrected chi connectivity index (χ0v) is 13.6. The molecular formula is C16H19N5OS. The Balaban J connectivity index is 1.65. The van der Waals surface area contributed by atoms with Gasteiger partial charge in [0.1, 0.15) is 0 Å². The first kappa shape index (κ1) is 14.6. The lowest BCUT2D eigenvalue weighted by Gasteiger charge is -2.35. The van der Waals surface area contributed by atoms with Crippen LogP contribution < -0.4 is 4.90 Å². The maximum atomic E-state index is 9.06. The second-order valence-electron chi connectivity index (χ2n) is 5.65. The number of anilines is 1. The van der Waals surface area contributed by atoms with Crippen molar-refractivity contribution < 1.29 is 5.11 Å². The fourth-order valence-corrected chi connectivity index (χ4v) is 3.73. The van der Waals surface area contributed by atoms with Crippen molar-refractivity contribution in [3.63, 3.8) is 0 Å². The van der Waals surface area contributed by atoms with Crippen LogP contribution in [0, 0.1) is 0 Å². The third kappa shape index (κ3) is 2.71. The van der Waals surface area contributed by atoms with Gasteiger partial charge < -0.3 is 10.0 Å². The maximum Gasteiger partial charge on any atom is 0.180 e. The van der Waals surface area contributed by atoms with Gasteiger partial charge in [-0.1, -0.05) is 0 Å². The van der Waals surface area contributed by atoms with E-state index < -0.39 is 0 Å². The van der Waals surface area contributed by atoms with Gasteiger partial charge in [-0.15, -0.1) is 0 Å². The molecule has 120 valence electrons. The van der Waals surface area contributed by atoms with Crippen molar-refractivity contribution in [2.45, 2.75) is 0 Å². The number of rotatable bonds is 4. The molecule has 1 saturated heterocycles. The van der Waals surface area contributed by atoms with E-state index in [0.29, 0.717) is 0 Å². The molecule has 0 atom stereocenters. The second-order valence-corrected chi connectivity index (χ2v) is 6.43. The molecule has 1 N–H and O–H groups in total. The molecule has 1 fully saturated rings. The van der Waals surface area contributed by atoms with Gasteiger partial charge in [0.2, 0.25) is 0 Å². The van der Waals surface area contributed by atoms with E-state index in [4.69, 9.17) is 10.1 Å². The normalized spacial score (nSPS) is 16.3. The van der Waals surface area contributed by atoms with Gasteiger partial charge in [-0.2, -0.15) is 11.3 Å². The highest BCUT2D eigenvalue weighted by Gasteiger charge is 2.21. The monoisotopic (exact) mass is 329 g/mol. The molecule has 23 heavy (non-hydrogen) atoms. The minimum Gasteiger partial charge on any atom is -0.395 e. The Bertz CT molecular complexity index is 777. The van der Waals surface area contributed by atoms with Crippen LogP contribution in [0.25, 0.3) is 16.9 Å². The number of imidazole rings is 1. The molecule has 7 heteroatoms. The molecule has 0 unspecified atom stereocenters. The van der Waals surface area contributed by atoms with Crippen LogP contribution >= 0.6 is 11.3 Å². The number of hydrogen-bond acceptors (Lipinski definition) is 6. The van der Waals surface area contributed by atoms with Crippen LogP contribution in [0.2, 0.25) is 0 Å². The maximum absolute atomic E-state index is 9.06. The summed E-state index contributed by atoms with van der Waals surface area (Å²) in [5.41, 5.74) is 3.15. The second kappa shape index (κ2) is 6.27. The summed E-state index contributed by atoms with van der Waals surface area (Å²) < 4.78 is 2.12. The van der Waals surface area contributed by atoms with Gasteiger partial charge in [0.15, 0.2) is 11.5 Å². The fraction of sp³-hybridized carbons (Fsp3) is 0.375. The van der Waals surface area contributed by atoms with E-state index in [0.717, 1.165) is 49.9 Å². The number of aromatic nitrogens is 3. The van der Waals surface area contributed by atoms with Crippen molar-refractivity contribution in [3.05, 3.63) is 35.4 Å². The number of thiophene rings is 1. The Morgan fingerprint density at radius 2 is 2.04 bits per heavy atom. The van der Waals surface area contributed by atoms with Gasteiger partial charge in [-0.05, 0) is 11.4 Å². The molecule has 1 aliphatic rings. The number of aliphatic hydroxyl groups is 1. The first-order valence-electron chi connectivity index (χ1n) is 7.79. The summed E-state index contributed by atoms with van der Waals surface area (Å²) in [4.78, 5) is 13.8. The molecule has 0 radical (unpaired) electrons. The zero-order chi connectivity index (χ0) is 15.6. The largest absolute Gasteiger partial charge is 0.395 e. The van der Waals surface area contributed by atoms with Crippen LogP contribution in [0.5, 0.6) is 0 Å². The Kier molecular flexibility index (Phi) is 3.99. The zero-order valence-electron chi connectivity index (χ0n) is 12.8. The Labute approximate surface area is 138 Å². The Hall–Kier alpha value is -1.96. The lowest BCUT2D eigenvalue weighted by Crippen LogP contribution is -2.47. The summed E-state index contributed by atoms with van der Waals surface area (Å²) in [6.45, 7) is 4.68. The van der Waals surface area contributed by atoms with Gasteiger partial charge in [0.25, 0.3) is 0 Å². The Morgan fingerprint density at radius 1 is 1.17 bits per heavy atom. The van der Waals surface area contributed by atoms with Crippen molar-refractivity contribution in [1.82, 2.24) is 19.3 Å². The molecule has 1 aliphatic heterocycles. The Morgan fingerprint density at radius 3 is 2.78 bits per heavy atom. The summed E-state index contributed by atoms with van der Waals surface area (Å²) in [5, 5.41) is 13.3. The molecule has 6 nitrogen and oxygen atoms in total. The first-order chi connectivity index (χ1) is 11.4. The van der Waals surface area contributed by atoms with E-state index in [1.54, 1.807) is 11.3 Å². The minimum atomic E-state index is 0.220. The summed E-state index contributed by atoms with van der Waals surface area (Å²) in [6, 6.07) is 2.11. The predicted molar refractivity (Wildman–Crippen MR) is 92.0 cm³/mol. The van der Waals surface area contributed by atoms with E-state index >= 15 is 0 Å². The van der Waals surface area contributed by atoms with Crippen molar-refractivity contribution in [2.24, 2.45) is 0 Å². The molecule has 4 heterocycles. The first-order valence-corrected chi connectivity index (χ1v) is 8.74. The summed E-state index contributed by atoms with van der Waals surface area (Å²) in [7, 11) is 0. The minimum absolute atomic E-state index is 0.220. The molecule has 0 amide bonds. The molecule has 0 aromatic carbocycles. The van der Waals surface area contributed by atoms with Gasteiger partial charge in [0.05, 0.1) is 18.5 Å². The number of hydrogen-bond donors (Lipinski definition) is 1. The highest BCUT2D eigenvalue weighted by molar-refractivity contribution is 7.08. The molecule has 3 aromatic heterocycles. The quantitative estimate of drug-likeness (QED) is 0.787. The predicted octanol–water partition coefficient (Wildman–Crippen LogP) is 1.57. The van der Waals surface area contributed by atoms with E-state index in [2.05, 4.69) is 36.0 Å². The third-order valence-electron chi connectivity index (χ3n) is 4.31. The summed E-state index contributed by atoms with van der Waals surface area (Å²) in [5.74, 6) is 0.942. The number of piperazine rings is 1. The van der Waals surface area contributed by atoms with Crippen molar-refractivity contribution >= 4 is 22.8 Å². The van der Waals surface area contributed by atoms with Crippen LogP contribution in [0.1, 0.15) is 0 Å². The van der Waals surface area contributed by atoms with Crippen LogP contribution in [0.3, 0.4) is 0 Å². The van der Waals surface area contributed by atoms with Crippen LogP contribution in [0.15, 0.2) is 35.4 Å². The van der Waals surface area contributed by atoms with Crippen molar-refractivity contribution in [3.8, 4) is 11.3 Å². The highest BCUT2D eigenvalue weighted by Crippen LogP contribution is 2.27. The van der Waals surface area contributed by atoms with Gasteiger partial charge in [-0.25, -0.2) is 9.97 Å². The van der Waals surface area contributed by atoms with Gasteiger partial charge >= 0.3 is 0 Å². The van der Waals surface area contributed by atoms with Crippen molar-refractivity contribution in [2.75, 3.05) is 44.2 Å². The summed E-state index contributed by atoms with van der Waals surface area (Å²) >= 11 is 1.68. The van der Waals surface area contributed by atoms with Crippen LogP contribution in [-0.2, 0) is 0 Å². The van der Waals surface area contributed by atoms with E-state index in [1.165, 1.54) is 5.56 Å². The standard InChI is InChI=1S/C16H19N5OS/c22-9-8-19-4-6-20(7-5-19)15-16-17-2-3-21(16)14(11-18-15)13-1-10-23-12-13/h1-3,10-12,22H,4-9H2. The lowest BCUT2D eigenvalue weighted by atomic mass is 10.2. The highest BCUT2D eigenvalue weighted by atomic mass is 32.1. The molecule has 0 aliphatic carbocycles. The number of fused-ring (bicyclic) bond motifs is 1. The fourth-order valence-electron chi connectivity index (χ4n) is 3.08. The van der Waals surface area contributed by atoms with Crippen LogP contribution in [-0.4, -0.2) is 63.7 Å². The smallest absolute Gasteiger partial charge is 0.180 e. The number of aliphatic hydroxyl groups excluding tert-OH is 1. The molecule has 0 saturated carbocycles. The molecule has 0 bridgehead atoms. The van der Waals surface area contributed by atoms with Gasteiger partial charge in [-0.3, -0.25) is 9.30 Å². The summed E-state index contributed by atoms with van der Waals surface area (Å²) in [6.07, 6.45) is 5.76. The van der Waals surface area contributed by atoms with E-state index in [-0.39, 0.29) is 6.61 Å². The molecule has 4 rings (SSSR count). The third-order valence-corrected chi connectivity index (χ3v) is 5.00. The topological polar surface area (TPSA) is 56.9 Å². The SMILES string of the molecule is OCCN1CCN(c2ncc(-c3ccsc3)n3ccnc23)CC1. The number of nitrogens with zero attached hydrogens (tertiary/aromatic N) is 5. The number of β-amino-alcohol motifs (C(OH)–C–C–N with tert-alkyl or cyclic N) is 1. The molecular weight excluding hydrogens is 310 g/mol.